The summed E-state index contributed by atoms with van der Waals surface area (Å²) in [5, 5.41) is 0. The number of hydrogen-bond donors (Lipinski definition) is 1. The smallest absolute Gasteiger partial charge is 0.126 e. The fraction of sp³-hybridized carbons (Fsp3) is 0.538. The summed E-state index contributed by atoms with van der Waals surface area (Å²) >= 11 is 0. The second-order valence-corrected chi connectivity index (χ2v) is 3.86. The molecule has 2 nitrogen and oxygen atoms in total. The van der Waals surface area contributed by atoms with E-state index in [4.69, 9.17) is 5.73 Å². The molecule has 16 heavy (non-hydrogen) atoms. The average Bonchev–Trinajstić information content (AvgIpc) is 2.31. The van der Waals surface area contributed by atoms with Gasteiger partial charge in [-0.1, -0.05) is 26.0 Å². The van der Waals surface area contributed by atoms with Crippen LogP contribution < -0.4 is 5.73 Å². The first-order chi connectivity index (χ1) is 7.72. The Bertz CT molecular complexity index is 322. The second kappa shape index (κ2) is 6.61. The van der Waals surface area contributed by atoms with E-state index in [9.17, 15) is 4.39 Å². The minimum absolute atomic E-state index is 0.130. The molecular weight excluding hydrogens is 203 g/mol. The van der Waals surface area contributed by atoms with Gasteiger partial charge < -0.3 is 10.6 Å². The van der Waals surface area contributed by atoms with Gasteiger partial charge in [0.05, 0.1) is 0 Å². The van der Waals surface area contributed by atoms with Crippen LogP contribution in [0.25, 0.3) is 0 Å². The predicted octanol–water partition coefficient (Wildman–Crippen LogP) is 2.17. The topological polar surface area (TPSA) is 29.3 Å². The Morgan fingerprint density at radius 1 is 1.25 bits per heavy atom. The molecule has 0 bridgehead atoms. The highest BCUT2D eigenvalue weighted by Crippen LogP contribution is 2.14. The summed E-state index contributed by atoms with van der Waals surface area (Å²) in [5.74, 6) is -0.130. The van der Waals surface area contributed by atoms with Crippen molar-refractivity contribution in [3.8, 4) is 0 Å². The van der Waals surface area contributed by atoms with Crippen molar-refractivity contribution < 1.29 is 4.39 Å². The molecule has 3 heteroatoms. The quantitative estimate of drug-likeness (QED) is 0.802. The normalized spacial score (nSPS) is 11.1. The Kier molecular flexibility index (Phi) is 5.43. The molecule has 1 aromatic carbocycles. The molecule has 0 aliphatic carbocycles. The van der Waals surface area contributed by atoms with Crippen LogP contribution >= 0.6 is 0 Å². The summed E-state index contributed by atoms with van der Waals surface area (Å²) in [6.45, 7) is 7.54. The third kappa shape index (κ3) is 3.29. The van der Waals surface area contributed by atoms with Crippen LogP contribution in [-0.2, 0) is 13.0 Å². The van der Waals surface area contributed by atoms with E-state index in [1.807, 2.05) is 6.07 Å². The summed E-state index contributed by atoms with van der Waals surface area (Å²) in [6, 6.07) is 5.13. The van der Waals surface area contributed by atoms with Gasteiger partial charge >= 0.3 is 0 Å². The fourth-order valence-electron chi connectivity index (χ4n) is 1.88. The van der Waals surface area contributed by atoms with Crippen molar-refractivity contribution in [2.45, 2.75) is 26.8 Å². The highest BCUT2D eigenvalue weighted by atomic mass is 19.1. The molecule has 0 heterocycles. The average molecular weight is 224 g/mol. The van der Waals surface area contributed by atoms with Crippen molar-refractivity contribution in [1.29, 1.82) is 0 Å². The van der Waals surface area contributed by atoms with Crippen LogP contribution in [0.3, 0.4) is 0 Å². The highest BCUT2D eigenvalue weighted by Gasteiger charge is 2.08. The van der Waals surface area contributed by atoms with Crippen molar-refractivity contribution in [3.63, 3.8) is 0 Å². The lowest BCUT2D eigenvalue weighted by atomic mass is 10.0. The van der Waals surface area contributed by atoms with Crippen LogP contribution in [0.5, 0.6) is 0 Å². The van der Waals surface area contributed by atoms with Crippen molar-refractivity contribution in [2.24, 2.45) is 5.73 Å². The van der Waals surface area contributed by atoms with Gasteiger partial charge in [-0.25, -0.2) is 4.39 Å². The van der Waals surface area contributed by atoms with Gasteiger partial charge in [0.25, 0.3) is 0 Å². The van der Waals surface area contributed by atoms with E-state index in [2.05, 4.69) is 18.7 Å². The van der Waals surface area contributed by atoms with Gasteiger partial charge in [0, 0.05) is 13.1 Å². The van der Waals surface area contributed by atoms with Crippen LogP contribution in [0.15, 0.2) is 18.2 Å². The Morgan fingerprint density at radius 2 is 1.94 bits per heavy atom. The predicted molar refractivity (Wildman–Crippen MR) is 65.8 cm³/mol. The number of nitrogens with zero attached hydrogens (tertiary/aromatic N) is 1. The van der Waals surface area contributed by atoms with Crippen LogP contribution in [0, 0.1) is 5.82 Å². The molecular formula is C13H21FN2. The monoisotopic (exact) mass is 224 g/mol. The van der Waals surface area contributed by atoms with Crippen molar-refractivity contribution in [2.75, 3.05) is 19.6 Å². The standard InChI is InChI=1S/C13H21FN2/c1-3-16(4-2)9-8-12-11(10-15)6-5-7-13(12)14/h5-7H,3-4,8-10,15H2,1-2H3. The zero-order valence-corrected chi connectivity index (χ0v) is 10.2. The minimum Gasteiger partial charge on any atom is -0.326 e. The zero-order valence-electron chi connectivity index (χ0n) is 10.2. The lowest BCUT2D eigenvalue weighted by Crippen LogP contribution is -2.26. The SMILES string of the molecule is CCN(CC)CCc1c(F)cccc1CN. The Hall–Kier alpha value is -0.930. The second-order valence-electron chi connectivity index (χ2n) is 3.86. The maximum atomic E-state index is 13.6. The fourth-order valence-corrected chi connectivity index (χ4v) is 1.88. The number of nitrogens with two attached hydrogens (primary N) is 1. The molecule has 0 aliphatic rings. The molecule has 2 N–H and O–H groups in total. The maximum absolute atomic E-state index is 13.6. The van der Waals surface area contributed by atoms with E-state index >= 15 is 0 Å². The van der Waals surface area contributed by atoms with Crippen LogP contribution in [0.2, 0.25) is 0 Å². The molecule has 0 aromatic heterocycles. The van der Waals surface area contributed by atoms with Gasteiger partial charge in [0.1, 0.15) is 5.82 Å². The zero-order chi connectivity index (χ0) is 12.0. The lowest BCUT2D eigenvalue weighted by Gasteiger charge is -2.19. The van der Waals surface area contributed by atoms with Crippen molar-refractivity contribution in [3.05, 3.63) is 35.1 Å². The molecule has 0 radical (unpaired) electrons. The molecule has 0 spiro atoms. The lowest BCUT2D eigenvalue weighted by molar-refractivity contribution is 0.306. The first kappa shape index (κ1) is 13.1. The minimum atomic E-state index is -0.130. The first-order valence-electron chi connectivity index (χ1n) is 5.91. The summed E-state index contributed by atoms with van der Waals surface area (Å²) in [4.78, 5) is 2.28. The maximum Gasteiger partial charge on any atom is 0.126 e. The van der Waals surface area contributed by atoms with Crippen LogP contribution in [0.4, 0.5) is 4.39 Å². The van der Waals surface area contributed by atoms with E-state index < -0.39 is 0 Å². The molecule has 0 unspecified atom stereocenters. The Morgan fingerprint density at radius 3 is 2.50 bits per heavy atom. The van der Waals surface area contributed by atoms with Gasteiger partial charge in [0.2, 0.25) is 0 Å². The number of hydrogen-bond acceptors (Lipinski definition) is 2. The number of rotatable bonds is 6. The van der Waals surface area contributed by atoms with E-state index in [1.54, 1.807) is 6.07 Å². The molecule has 1 aromatic rings. The third-order valence-electron chi connectivity index (χ3n) is 3.01. The van der Waals surface area contributed by atoms with Crippen molar-refractivity contribution >= 4 is 0 Å². The van der Waals surface area contributed by atoms with E-state index in [0.29, 0.717) is 6.54 Å². The van der Waals surface area contributed by atoms with Crippen molar-refractivity contribution in [1.82, 2.24) is 4.90 Å². The summed E-state index contributed by atoms with van der Waals surface area (Å²) < 4.78 is 13.6. The van der Waals surface area contributed by atoms with Gasteiger partial charge in [-0.3, -0.25) is 0 Å². The highest BCUT2D eigenvalue weighted by molar-refractivity contribution is 5.28. The number of likely N-dealkylation sites (N-methyl/N-ethyl adjacent to an activating group) is 1. The summed E-state index contributed by atoms with van der Waals surface area (Å²) in [6.07, 6.45) is 0.737. The number of halogens is 1. The molecule has 1 rings (SSSR count). The molecule has 0 fully saturated rings. The number of benzene rings is 1. The van der Waals surface area contributed by atoms with E-state index in [-0.39, 0.29) is 5.82 Å². The van der Waals surface area contributed by atoms with E-state index in [0.717, 1.165) is 37.2 Å². The molecule has 0 saturated heterocycles. The molecule has 0 saturated carbocycles. The Balaban J connectivity index is 2.72. The third-order valence-corrected chi connectivity index (χ3v) is 3.01. The molecule has 0 atom stereocenters. The van der Waals surface area contributed by atoms with Gasteiger partial charge in [-0.05, 0) is 36.7 Å². The molecule has 0 amide bonds. The van der Waals surface area contributed by atoms with Gasteiger partial charge in [-0.15, -0.1) is 0 Å². The molecule has 0 aliphatic heterocycles. The van der Waals surface area contributed by atoms with Crippen LogP contribution in [-0.4, -0.2) is 24.5 Å². The van der Waals surface area contributed by atoms with Gasteiger partial charge in [0.15, 0.2) is 0 Å². The van der Waals surface area contributed by atoms with Gasteiger partial charge in [-0.2, -0.15) is 0 Å². The summed E-state index contributed by atoms with van der Waals surface area (Å²) in [7, 11) is 0. The van der Waals surface area contributed by atoms with E-state index in [1.165, 1.54) is 6.07 Å². The molecule has 90 valence electrons. The largest absolute Gasteiger partial charge is 0.326 e. The Labute approximate surface area is 97.3 Å². The van der Waals surface area contributed by atoms with Crippen LogP contribution in [0.1, 0.15) is 25.0 Å². The summed E-state index contributed by atoms with van der Waals surface area (Å²) in [5.41, 5.74) is 7.31. The first-order valence-corrected chi connectivity index (χ1v) is 5.91.